The fourth-order valence-electron chi connectivity index (χ4n) is 3.47. The lowest BCUT2D eigenvalue weighted by Gasteiger charge is -2.24. The van der Waals surface area contributed by atoms with Gasteiger partial charge in [-0.1, -0.05) is 41.9 Å². The summed E-state index contributed by atoms with van der Waals surface area (Å²) in [6, 6.07) is 24.1. The Morgan fingerprint density at radius 1 is 0.892 bits per heavy atom. The van der Waals surface area contributed by atoms with Gasteiger partial charge in [0.25, 0.3) is 10.0 Å². The number of nitrogens with zero attached hydrogens (tertiary/aromatic N) is 1. The highest BCUT2D eigenvalue weighted by atomic mass is 35.5. The number of carbonyl (C=O) groups excluding carboxylic acids is 1. The molecule has 0 spiro atoms. The second-order valence-corrected chi connectivity index (χ2v) is 10.0. The number of hydrogen-bond donors (Lipinski definition) is 1. The topological polar surface area (TPSA) is 84.9 Å². The monoisotopic (exact) mass is 540 g/mol. The van der Waals surface area contributed by atoms with Crippen LogP contribution in [0.4, 0.5) is 15.8 Å². The molecule has 0 aliphatic carbocycles. The molecule has 4 aromatic carbocycles. The maximum Gasteiger partial charge on any atom is 0.264 e. The van der Waals surface area contributed by atoms with Crippen LogP contribution in [0.3, 0.4) is 0 Å². The molecule has 37 heavy (non-hydrogen) atoms. The highest BCUT2D eigenvalue weighted by Gasteiger charge is 2.27. The Morgan fingerprint density at radius 2 is 1.54 bits per heavy atom. The number of anilines is 2. The molecule has 4 aromatic rings. The normalized spacial score (nSPS) is 11.0. The fourth-order valence-corrected chi connectivity index (χ4v) is 5.09. The van der Waals surface area contributed by atoms with Gasteiger partial charge in [0.1, 0.15) is 12.4 Å². The zero-order valence-corrected chi connectivity index (χ0v) is 21.2. The Bertz CT molecular complexity index is 1500. The summed E-state index contributed by atoms with van der Waals surface area (Å²) in [4.78, 5) is 13.1. The highest BCUT2D eigenvalue weighted by molar-refractivity contribution is 7.92. The molecular formula is C27H22ClFN2O5S. The van der Waals surface area contributed by atoms with E-state index < -0.39 is 28.3 Å². The van der Waals surface area contributed by atoms with E-state index in [-0.39, 0.29) is 22.0 Å². The van der Waals surface area contributed by atoms with Crippen molar-refractivity contribution in [2.45, 2.75) is 4.90 Å². The summed E-state index contributed by atoms with van der Waals surface area (Å²) in [5, 5.41) is 3.00. The molecule has 190 valence electrons. The van der Waals surface area contributed by atoms with Gasteiger partial charge in [-0.2, -0.15) is 0 Å². The van der Waals surface area contributed by atoms with Gasteiger partial charge >= 0.3 is 0 Å². The van der Waals surface area contributed by atoms with E-state index in [2.05, 4.69) is 5.32 Å². The summed E-state index contributed by atoms with van der Waals surface area (Å²) >= 11 is 6.16. The lowest BCUT2D eigenvalue weighted by molar-refractivity contribution is -0.114. The van der Waals surface area contributed by atoms with Crippen LogP contribution in [0.1, 0.15) is 0 Å². The van der Waals surface area contributed by atoms with E-state index in [9.17, 15) is 17.6 Å². The van der Waals surface area contributed by atoms with Crippen LogP contribution in [0, 0.1) is 5.82 Å². The van der Waals surface area contributed by atoms with Gasteiger partial charge < -0.3 is 14.8 Å². The molecule has 4 rings (SSSR count). The molecular weight excluding hydrogens is 519 g/mol. The van der Waals surface area contributed by atoms with E-state index in [0.29, 0.717) is 16.5 Å². The average Bonchev–Trinajstić information content (AvgIpc) is 2.90. The highest BCUT2D eigenvalue weighted by Crippen LogP contribution is 2.36. The Morgan fingerprint density at radius 3 is 2.22 bits per heavy atom. The maximum absolute atomic E-state index is 13.6. The zero-order chi connectivity index (χ0) is 26.4. The smallest absolute Gasteiger partial charge is 0.264 e. The van der Waals surface area contributed by atoms with Crippen LogP contribution >= 0.6 is 11.6 Å². The summed E-state index contributed by atoms with van der Waals surface area (Å²) in [6.45, 7) is -0.594. The number of halogens is 2. The molecule has 1 N–H and O–H groups in total. The lowest BCUT2D eigenvalue weighted by atomic mass is 10.2. The molecule has 0 fully saturated rings. The van der Waals surface area contributed by atoms with Crippen molar-refractivity contribution in [3.63, 3.8) is 0 Å². The number of carbonyl (C=O) groups is 1. The number of sulfonamides is 1. The molecule has 0 bridgehead atoms. The summed E-state index contributed by atoms with van der Waals surface area (Å²) in [6.07, 6.45) is 0. The standard InChI is InChI=1S/C27H22ClFN2O5S/c1-35-25-9-5-6-10-26(25)36-24-16-11-19(28)17-23(24)30-27(32)18-31(21-14-12-20(29)13-15-21)37(33,34)22-7-3-2-4-8-22/h2-17H,18H2,1H3,(H,30,32). The summed E-state index contributed by atoms with van der Waals surface area (Å²) in [5.41, 5.74) is 0.344. The number of amides is 1. The van der Waals surface area contributed by atoms with E-state index in [4.69, 9.17) is 21.1 Å². The first-order valence-electron chi connectivity index (χ1n) is 11.0. The van der Waals surface area contributed by atoms with Crippen LogP contribution in [0.15, 0.2) is 102 Å². The average molecular weight is 541 g/mol. The van der Waals surface area contributed by atoms with Crippen molar-refractivity contribution in [2.75, 3.05) is 23.3 Å². The number of ether oxygens (including phenoxy) is 2. The molecule has 0 aromatic heterocycles. The van der Waals surface area contributed by atoms with Crippen molar-refractivity contribution < 1.29 is 27.1 Å². The number of hydrogen-bond acceptors (Lipinski definition) is 5. The third-order valence-electron chi connectivity index (χ3n) is 5.24. The first-order chi connectivity index (χ1) is 17.8. The molecule has 0 saturated carbocycles. The largest absolute Gasteiger partial charge is 0.493 e. The SMILES string of the molecule is COc1ccccc1Oc1ccc(Cl)cc1NC(=O)CN(c1ccc(F)cc1)S(=O)(=O)c1ccccc1. The van der Waals surface area contributed by atoms with Crippen molar-refractivity contribution in [1.82, 2.24) is 0 Å². The Labute approximate surface area is 219 Å². The van der Waals surface area contributed by atoms with Gasteiger partial charge in [0.05, 0.1) is 23.4 Å². The third kappa shape index (κ3) is 6.19. The van der Waals surface area contributed by atoms with Crippen LogP contribution in [-0.2, 0) is 14.8 Å². The van der Waals surface area contributed by atoms with Gasteiger partial charge in [-0.15, -0.1) is 0 Å². The second kappa shape index (κ2) is 11.3. The van der Waals surface area contributed by atoms with Gasteiger partial charge in [0, 0.05) is 5.02 Å². The number of methoxy groups -OCH3 is 1. The van der Waals surface area contributed by atoms with Crippen molar-refractivity contribution >= 4 is 38.9 Å². The van der Waals surface area contributed by atoms with Crippen LogP contribution < -0.4 is 19.1 Å². The number of rotatable bonds is 9. The van der Waals surface area contributed by atoms with Gasteiger partial charge in [0.15, 0.2) is 17.2 Å². The molecule has 0 heterocycles. The van der Waals surface area contributed by atoms with Crippen molar-refractivity contribution in [2.24, 2.45) is 0 Å². The molecule has 0 atom stereocenters. The second-order valence-electron chi connectivity index (χ2n) is 7.74. The van der Waals surface area contributed by atoms with Crippen molar-refractivity contribution in [3.8, 4) is 17.2 Å². The number of para-hydroxylation sites is 2. The van der Waals surface area contributed by atoms with Crippen LogP contribution in [0.25, 0.3) is 0 Å². The predicted octanol–water partition coefficient (Wildman–Crippen LogP) is 6.11. The Kier molecular flexibility index (Phi) is 7.95. The van der Waals surface area contributed by atoms with E-state index in [1.165, 1.54) is 37.4 Å². The molecule has 0 saturated heterocycles. The van der Waals surface area contributed by atoms with E-state index in [0.717, 1.165) is 16.4 Å². The predicted molar refractivity (Wildman–Crippen MR) is 141 cm³/mol. The first kappa shape index (κ1) is 26.0. The summed E-state index contributed by atoms with van der Waals surface area (Å²) < 4.78 is 52.6. The van der Waals surface area contributed by atoms with Gasteiger partial charge in [-0.25, -0.2) is 12.8 Å². The van der Waals surface area contributed by atoms with Crippen molar-refractivity contribution in [1.29, 1.82) is 0 Å². The summed E-state index contributed by atoms with van der Waals surface area (Å²) in [5.74, 6) is -0.0617. The van der Waals surface area contributed by atoms with Gasteiger partial charge in [-0.3, -0.25) is 9.10 Å². The van der Waals surface area contributed by atoms with E-state index in [1.807, 2.05) is 0 Å². The van der Waals surface area contributed by atoms with Crippen LogP contribution in [0.5, 0.6) is 17.2 Å². The lowest BCUT2D eigenvalue weighted by Crippen LogP contribution is -2.38. The van der Waals surface area contributed by atoms with Crippen molar-refractivity contribution in [3.05, 3.63) is 108 Å². The molecule has 0 radical (unpaired) electrons. The first-order valence-corrected chi connectivity index (χ1v) is 12.8. The minimum absolute atomic E-state index is 0.0184. The van der Waals surface area contributed by atoms with Crippen LogP contribution in [0.2, 0.25) is 5.02 Å². The van der Waals surface area contributed by atoms with Crippen LogP contribution in [-0.4, -0.2) is 28.0 Å². The molecule has 7 nitrogen and oxygen atoms in total. The maximum atomic E-state index is 13.6. The molecule has 0 aliphatic heterocycles. The van der Waals surface area contributed by atoms with E-state index >= 15 is 0 Å². The van der Waals surface area contributed by atoms with E-state index in [1.54, 1.807) is 54.6 Å². The fraction of sp³-hybridized carbons (Fsp3) is 0.0741. The van der Waals surface area contributed by atoms with Gasteiger partial charge in [0.2, 0.25) is 5.91 Å². The Hall–Kier alpha value is -4.08. The quantitative estimate of drug-likeness (QED) is 0.277. The molecule has 0 unspecified atom stereocenters. The number of nitrogens with one attached hydrogen (secondary N) is 1. The molecule has 10 heteroatoms. The molecule has 1 amide bonds. The number of benzene rings is 4. The third-order valence-corrected chi connectivity index (χ3v) is 7.26. The zero-order valence-electron chi connectivity index (χ0n) is 19.6. The summed E-state index contributed by atoms with van der Waals surface area (Å²) in [7, 11) is -2.65. The minimum Gasteiger partial charge on any atom is -0.493 e. The molecule has 0 aliphatic rings. The minimum atomic E-state index is -4.15. The Balaban J connectivity index is 1.64. The van der Waals surface area contributed by atoms with Gasteiger partial charge in [-0.05, 0) is 66.7 Å².